The molecule has 7 heteroatoms. The second-order valence-corrected chi connectivity index (χ2v) is 11.3. The lowest BCUT2D eigenvalue weighted by Crippen LogP contribution is -2.23. The first-order valence-electron chi connectivity index (χ1n) is 15.4. The van der Waals surface area contributed by atoms with Crippen molar-refractivity contribution in [2.24, 2.45) is 0 Å². The van der Waals surface area contributed by atoms with Crippen LogP contribution in [0.15, 0.2) is 34.9 Å². The van der Waals surface area contributed by atoms with Crippen molar-refractivity contribution in [3.8, 4) is 33.9 Å². The molecule has 0 saturated heterocycles. The van der Waals surface area contributed by atoms with Crippen molar-refractivity contribution in [2.45, 2.75) is 79.1 Å². The van der Waals surface area contributed by atoms with Crippen molar-refractivity contribution < 1.29 is 18.8 Å². The molecule has 1 aliphatic rings. The fourth-order valence-electron chi connectivity index (χ4n) is 5.24. The van der Waals surface area contributed by atoms with Crippen LogP contribution in [0.1, 0.15) is 93.4 Å². The van der Waals surface area contributed by atoms with Gasteiger partial charge in [0, 0.05) is 25.7 Å². The van der Waals surface area contributed by atoms with Gasteiger partial charge in [-0.25, -0.2) is 0 Å². The van der Waals surface area contributed by atoms with Crippen molar-refractivity contribution in [3.63, 3.8) is 0 Å². The third-order valence-corrected chi connectivity index (χ3v) is 7.75. The van der Waals surface area contributed by atoms with Gasteiger partial charge in [-0.1, -0.05) is 63.9 Å². The molecule has 7 nitrogen and oxygen atoms in total. The number of hydrogen-bond donors (Lipinski definition) is 1. The summed E-state index contributed by atoms with van der Waals surface area (Å²) < 4.78 is 18.7. The fourth-order valence-corrected chi connectivity index (χ4v) is 5.24. The van der Waals surface area contributed by atoms with Crippen molar-refractivity contribution in [1.29, 1.82) is 0 Å². The minimum atomic E-state index is -0.246. The third-order valence-electron chi connectivity index (χ3n) is 7.75. The van der Waals surface area contributed by atoms with E-state index in [1.54, 1.807) is 0 Å². The summed E-state index contributed by atoms with van der Waals surface area (Å²) in [6.45, 7) is 14.3. The van der Waals surface area contributed by atoms with Crippen LogP contribution in [0, 0.1) is 0 Å². The Balaban J connectivity index is 1.90. The molecule has 222 valence electrons. The molecule has 2 heterocycles. The average molecular weight is 562 g/mol. The lowest BCUT2D eigenvalue weighted by atomic mass is 9.92. The van der Waals surface area contributed by atoms with Gasteiger partial charge in [-0.15, -0.1) is 0 Å². The van der Waals surface area contributed by atoms with Gasteiger partial charge in [0.05, 0.1) is 24.3 Å². The van der Waals surface area contributed by atoms with Crippen LogP contribution in [0.2, 0.25) is 0 Å². The number of aromatic nitrogens is 1. The van der Waals surface area contributed by atoms with E-state index in [0.717, 1.165) is 74.1 Å². The third kappa shape index (κ3) is 7.31. The van der Waals surface area contributed by atoms with Crippen molar-refractivity contribution in [3.05, 3.63) is 52.7 Å². The number of nitrogens with zero attached hydrogens (tertiary/aromatic N) is 2. The summed E-state index contributed by atoms with van der Waals surface area (Å²) in [5.74, 6) is 2.04. The summed E-state index contributed by atoms with van der Waals surface area (Å²) >= 11 is 0. The Morgan fingerprint density at radius 3 is 2.32 bits per heavy atom. The monoisotopic (exact) mass is 561 g/mol. The number of amides is 1. The van der Waals surface area contributed by atoms with Gasteiger partial charge in [-0.2, -0.15) is 0 Å². The highest BCUT2D eigenvalue weighted by atomic mass is 16.5. The highest BCUT2D eigenvalue weighted by molar-refractivity contribution is 6.02. The van der Waals surface area contributed by atoms with E-state index in [2.05, 4.69) is 74.4 Å². The summed E-state index contributed by atoms with van der Waals surface area (Å²) in [5, 5.41) is 7.26. The second kappa shape index (κ2) is 14.5. The molecule has 0 bridgehead atoms. The topological polar surface area (TPSA) is 76.8 Å². The first-order chi connectivity index (χ1) is 19.9. The van der Waals surface area contributed by atoms with E-state index in [9.17, 15) is 4.79 Å². The number of benzene rings is 2. The zero-order valence-corrected chi connectivity index (χ0v) is 25.8. The smallest absolute Gasteiger partial charge is 0.274 e. The van der Waals surface area contributed by atoms with Gasteiger partial charge in [0.1, 0.15) is 11.5 Å². The summed E-state index contributed by atoms with van der Waals surface area (Å²) in [4.78, 5) is 15.6. The predicted molar refractivity (Wildman–Crippen MR) is 165 cm³/mol. The van der Waals surface area contributed by atoms with Crippen LogP contribution >= 0.6 is 0 Å². The van der Waals surface area contributed by atoms with E-state index in [0.29, 0.717) is 42.5 Å². The summed E-state index contributed by atoms with van der Waals surface area (Å²) in [6, 6.07) is 10.6. The largest absolute Gasteiger partial charge is 0.493 e. The molecule has 0 atom stereocenters. The standard InChI is InChI=1S/C34H47N3O4/c1-7-10-18-39-29-22-30(40-19-11-8-2)28(21-27(29)23(4)5)33-31(32(36-41-33)34(38)35-9-3)26-13-12-24-14-16-37(6)17-15-25(24)20-26/h12-13,20-23H,7-11,14-19H2,1-6H3,(H,35,38). The number of hydrogen-bond acceptors (Lipinski definition) is 6. The number of fused-ring (bicyclic) bond motifs is 1. The number of ether oxygens (including phenoxy) is 2. The number of unbranched alkanes of at least 4 members (excludes halogenated alkanes) is 2. The molecule has 41 heavy (non-hydrogen) atoms. The minimum Gasteiger partial charge on any atom is -0.493 e. The van der Waals surface area contributed by atoms with Gasteiger partial charge in [-0.3, -0.25) is 4.79 Å². The quantitative estimate of drug-likeness (QED) is 0.221. The molecular formula is C34H47N3O4. The van der Waals surface area contributed by atoms with E-state index in [4.69, 9.17) is 14.0 Å². The molecule has 1 N–H and O–H groups in total. The minimum absolute atomic E-state index is 0.216. The summed E-state index contributed by atoms with van der Waals surface area (Å²) in [5.41, 5.74) is 6.45. The number of rotatable bonds is 13. The molecular weight excluding hydrogens is 514 g/mol. The number of nitrogens with one attached hydrogen (secondary N) is 1. The Morgan fingerprint density at radius 2 is 1.66 bits per heavy atom. The van der Waals surface area contributed by atoms with Crippen LogP contribution in [0.5, 0.6) is 11.5 Å². The molecule has 0 unspecified atom stereocenters. The Bertz CT molecular complexity index is 1310. The normalized spacial score (nSPS) is 13.6. The van der Waals surface area contributed by atoms with Gasteiger partial charge in [0.25, 0.3) is 5.91 Å². The van der Waals surface area contributed by atoms with E-state index in [1.807, 2.05) is 13.0 Å². The van der Waals surface area contributed by atoms with Crippen LogP contribution in [-0.2, 0) is 12.8 Å². The van der Waals surface area contributed by atoms with Crippen LogP contribution in [0.4, 0.5) is 0 Å². The molecule has 0 spiro atoms. The van der Waals surface area contributed by atoms with E-state index >= 15 is 0 Å². The van der Waals surface area contributed by atoms with Gasteiger partial charge < -0.3 is 24.2 Å². The van der Waals surface area contributed by atoms with Crippen LogP contribution in [0.3, 0.4) is 0 Å². The number of carbonyl (C=O) groups is 1. The highest BCUT2D eigenvalue weighted by Crippen LogP contribution is 2.44. The molecule has 4 rings (SSSR count). The van der Waals surface area contributed by atoms with E-state index in [1.165, 1.54) is 11.1 Å². The van der Waals surface area contributed by atoms with E-state index < -0.39 is 0 Å². The maximum atomic E-state index is 13.3. The van der Waals surface area contributed by atoms with Crippen molar-refractivity contribution in [1.82, 2.24) is 15.4 Å². The van der Waals surface area contributed by atoms with Gasteiger partial charge in [0.15, 0.2) is 11.5 Å². The highest BCUT2D eigenvalue weighted by Gasteiger charge is 2.28. The molecule has 0 aliphatic carbocycles. The van der Waals surface area contributed by atoms with Crippen LogP contribution < -0.4 is 14.8 Å². The maximum Gasteiger partial charge on any atom is 0.274 e. The molecule has 3 aromatic rings. The Morgan fingerprint density at radius 1 is 0.976 bits per heavy atom. The van der Waals surface area contributed by atoms with Crippen LogP contribution in [-0.4, -0.2) is 55.9 Å². The second-order valence-electron chi connectivity index (χ2n) is 11.3. The Kier molecular flexibility index (Phi) is 10.9. The zero-order chi connectivity index (χ0) is 29.4. The zero-order valence-electron chi connectivity index (χ0n) is 25.8. The predicted octanol–water partition coefficient (Wildman–Crippen LogP) is 7.27. The lowest BCUT2D eigenvalue weighted by molar-refractivity contribution is 0.0947. The van der Waals surface area contributed by atoms with Gasteiger partial charge in [-0.05, 0) is 73.9 Å². The first kappa shape index (κ1) is 30.6. The Hall–Kier alpha value is -3.32. The SMILES string of the molecule is CCCCOc1cc(OCCCC)c(C(C)C)cc1-c1onc(C(=O)NCC)c1-c1ccc2c(c1)CCN(C)CC2. The number of carbonyl (C=O) groups excluding carboxylic acids is 1. The molecule has 0 saturated carbocycles. The molecule has 0 fully saturated rings. The van der Waals surface area contributed by atoms with Gasteiger partial charge >= 0.3 is 0 Å². The van der Waals surface area contributed by atoms with Crippen molar-refractivity contribution in [2.75, 3.05) is 39.9 Å². The molecule has 1 aliphatic heterocycles. The summed E-state index contributed by atoms with van der Waals surface area (Å²) in [7, 11) is 2.17. The van der Waals surface area contributed by atoms with E-state index in [-0.39, 0.29) is 11.8 Å². The van der Waals surface area contributed by atoms with Crippen molar-refractivity contribution >= 4 is 5.91 Å². The summed E-state index contributed by atoms with van der Waals surface area (Å²) in [6.07, 6.45) is 5.99. The molecule has 1 amide bonds. The maximum absolute atomic E-state index is 13.3. The van der Waals surface area contributed by atoms with Crippen LogP contribution in [0.25, 0.3) is 22.5 Å². The number of likely N-dealkylation sites (N-methyl/N-ethyl adjacent to an activating group) is 1. The molecule has 0 radical (unpaired) electrons. The first-order valence-corrected chi connectivity index (χ1v) is 15.4. The fraction of sp³-hybridized carbons (Fsp3) is 0.529. The lowest BCUT2D eigenvalue weighted by Gasteiger charge is -2.19. The molecule has 2 aromatic carbocycles. The average Bonchev–Trinajstić information content (AvgIpc) is 3.31. The Labute approximate surface area is 245 Å². The molecule has 1 aromatic heterocycles. The van der Waals surface area contributed by atoms with Gasteiger partial charge in [0.2, 0.25) is 0 Å².